The first-order valence-corrected chi connectivity index (χ1v) is 4.43. The molecule has 0 radical (unpaired) electrons. The van der Waals surface area contributed by atoms with Gasteiger partial charge >= 0.3 is 0 Å². The van der Waals surface area contributed by atoms with Gasteiger partial charge in [-0.05, 0) is 23.8 Å². The number of primary amides is 1. The van der Waals surface area contributed by atoms with E-state index in [4.69, 9.17) is 22.5 Å². The highest BCUT2D eigenvalue weighted by Crippen LogP contribution is 2.16. The van der Waals surface area contributed by atoms with E-state index in [9.17, 15) is 9.59 Å². The van der Waals surface area contributed by atoms with Crippen molar-refractivity contribution in [2.75, 3.05) is 0 Å². The molecular formula is C9H9ClN2O3. The molecule has 1 aromatic rings. The molecule has 1 rings (SSSR count). The molecule has 6 heteroatoms. The van der Waals surface area contributed by atoms with Crippen LogP contribution in [0.1, 0.15) is 15.9 Å². The van der Waals surface area contributed by atoms with Crippen molar-refractivity contribution in [1.29, 1.82) is 0 Å². The van der Waals surface area contributed by atoms with E-state index in [1.54, 1.807) is 0 Å². The number of nitrogens with two attached hydrogens (primary N) is 1. The maximum Gasteiger partial charge on any atom is 0.248 e. The molecule has 80 valence electrons. The van der Waals surface area contributed by atoms with E-state index in [1.807, 2.05) is 0 Å². The van der Waals surface area contributed by atoms with Crippen LogP contribution >= 0.6 is 11.6 Å². The Hall–Kier alpha value is -1.59. The van der Waals surface area contributed by atoms with Gasteiger partial charge in [0, 0.05) is 10.6 Å². The molecule has 4 N–H and O–H groups in total. The SMILES string of the molecule is NC(=O)c1ccc(Cl)cc1CC(=O)NO. The average Bonchev–Trinajstić information content (AvgIpc) is 2.17. The highest BCUT2D eigenvalue weighted by atomic mass is 35.5. The van der Waals surface area contributed by atoms with Crippen LogP contribution in [0.3, 0.4) is 0 Å². The number of hydrogen-bond donors (Lipinski definition) is 3. The fourth-order valence-corrected chi connectivity index (χ4v) is 1.36. The van der Waals surface area contributed by atoms with Crippen LogP contribution in [-0.4, -0.2) is 17.0 Å². The first-order valence-electron chi connectivity index (χ1n) is 4.05. The summed E-state index contributed by atoms with van der Waals surface area (Å²) in [7, 11) is 0. The summed E-state index contributed by atoms with van der Waals surface area (Å²) < 4.78 is 0. The van der Waals surface area contributed by atoms with Crippen molar-refractivity contribution < 1.29 is 14.8 Å². The number of halogens is 1. The lowest BCUT2D eigenvalue weighted by molar-refractivity contribution is -0.128. The van der Waals surface area contributed by atoms with E-state index in [-0.39, 0.29) is 12.0 Å². The summed E-state index contributed by atoms with van der Waals surface area (Å²) in [5.41, 5.74) is 7.16. The minimum absolute atomic E-state index is 0.157. The van der Waals surface area contributed by atoms with Gasteiger partial charge in [-0.3, -0.25) is 14.8 Å². The second kappa shape index (κ2) is 4.77. The zero-order valence-corrected chi connectivity index (χ0v) is 8.41. The third-order valence-electron chi connectivity index (χ3n) is 1.81. The van der Waals surface area contributed by atoms with Gasteiger partial charge in [0.15, 0.2) is 0 Å². The van der Waals surface area contributed by atoms with E-state index >= 15 is 0 Å². The maximum atomic E-state index is 11.0. The molecule has 0 saturated heterocycles. The Morgan fingerprint density at radius 1 is 1.47 bits per heavy atom. The molecule has 0 fully saturated rings. The second-order valence-electron chi connectivity index (χ2n) is 2.88. The third-order valence-corrected chi connectivity index (χ3v) is 2.04. The Labute approximate surface area is 90.8 Å². The van der Waals surface area contributed by atoms with E-state index < -0.39 is 11.8 Å². The number of amides is 2. The Kier molecular flexibility index (Phi) is 3.65. The molecule has 2 amide bonds. The highest BCUT2D eigenvalue weighted by Gasteiger charge is 2.11. The largest absolute Gasteiger partial charge is 0.366 e. The lowest BCUT2D eigenvalue weighted by atomic mass is 10.0. The normalized spacial score (nSPS) is 9.73. The van der Waals surface area contributed by atoms with Gasteiger partial charge in [-0.25, -0.2) is 5.48 Å². The molecule has 0 aliphatic carbocycles. The monoisotopic (exact) mass is 228 g/mol. The van der Waals surface area contributed by atoms with E-state index in [0.717, 1.165) is 0 Å². The van der Waals surface area contributed by atoms with E-state index in [2.05, 4.69) is 0 Å². The van der Waals surface area contributed by atoms with Crippen molar-refractivity contribution in [3.05, 3.63) is 34.3 Å². The number of hydroxylamine groups is 1. The number of hydrogen-bond acceptors (Lipinski definition) is 3. The van der Waals surface area contributed by atoms with Crippen LogP contribution in [0.5, 0.6) is 0 Å². The van der Waals surface area contributed by atoms with Crippen LogP contribution in [0.2, 0.25) is 5.02 Å². The molecule has 5 nitrogen and oxygen atoms in total. The predicted octanol–water partition coefficient (Wildman–Crippen LogP) is 0.487. The first-order chi connectivity index (χ1) is 7.04. The van der Waals surface area contributed by atoms with Gasteiger partial charge in [-0.1, -0.05) is 11.6 Å². The smallest absolute Gasteiger partial charge is 0.248 e. The summed E-state index contributed by atoms with van der Waals surface area (Å²) in [6.07, 6.45) is -0.157. The topological polar surface area (TPSA) is 92.4 Å². The molecule has 0 heterocycles. The van der Waals surface area contributed by atoms with Gasteiger partial charge in [0.2, 0.25) is 11.8 Å². The van der Waals surface area contributed by atoms with Crippen LogP contribution in [0.4, 0.5) is 0 Å². The molecular weight excluding hydrogens is 220 g/mol. The van der Waals surface area contributed by atoms with Crippen molar-refractivity contribution in [3.8, 4) is 0 Å². The summed E-state index contributed by atoms with van der Waals surface area (Å²) in [6, 6.07) is 4.39. The second-order valence-corrected chi connectivity index (χ2v) is 3.31. The molecule has 0 spiro atoms. The van der Waals surface area contributed by atoms with Gasteiger partial charge in [-0.2, -0.15) is 0 Å². The summed E-state index contributed by atoms with van der Waals surface area (Å²) >= 11 is 5.70. The average molecular weight is 229 g/mol. The minimum atomic E-state index is -0.646. The van der Waals surface area contributed by atoms with Crippen molar-refractivity contribution >= 4 is 23.4 Å². The number of rotatable bonds is 3. The van der Waals surface area contributed by atoms with Crippen molar-refractivity contribution in [2.45, 2.75) is 6.42 Å². The zero-order valence-electron chi connectivity index (χ0n) is 7.66. The lowest BCUT2D eigenvalue weighted by Crippen LogP contribution is -2.23. The van der Waals surface area contributed by atoms with Gasteiger partial charge in [0.05, 0.1) is 6.42 Å². The maximum absolute atomic E-state index is 11.0. The Morgan fingerprint density at radius 3 is 2.67 bits per heavy atom. The van der Waals surface area contributed by atoms with Crippen LogP contribution < -0.4 is 11.2 Å². The third kappa shape index (κ3) is 2.93. The Morgan fingerprint density at radius 2 is 2.13 bits per heavy atom. The number of carbonyl (C=O) groups excluding carboxylic acids is 2. The molecule has 0 aromatic heterocycles. The quantitative estimate of drug-likeness (QED) is 0.519. The van der Waals surface area contributed by atoms with Crippen LogP contribution in [0.25, 0.3) is 0 Å². The summed E-state index contributed by atoms with van der Waals surface area (Å²) in [5.74, 6) is -1.29. The van der Waals surface area contributed by atoms with Gasteiger partial charge < -0.3 is 5.73 Å². The number of benzene rings is 1. The molecule has 1 aromatic carbocycles. The fraction of sp³-hybridized carbons (Fsp3) is 0.111. The minimum Gasteiger partial charge on any atom is -0.366 e. The Balaban J connectivity index is 3.07. The molecule has 0 aliphatic heterocycles. The summed E-state index contributed by atoms with van der Waals surface area (Å²) in [4.78, 5) is 21.9. The van der Waals surface area contributed by atoms with E-state index in [1.165, 1.54) is 23.7 Å². The van der Waals surface area contributed by atoms with Crippen LogP contribution in [0.15, 0.2) is 18.2 Å². The molecule has 0 bridgehead atoms. The molecule has 0 unspecified atom stereocenters. The van der Waals surface area contributed by atoms with Gasteiger partial charge in [0.25, 0.3) is 0 Å². The summed E-state index contributed by atoms with van der Waals surface area (Å²) in [5, 5.41) is 8.74. The highest BCUT2D eigenvalue weighted by molar-refractivity contribution is 6.30. The van der Waals surface area contributed by atoms with Crippen molar-refractivity contribution in [2.24, 2.45) is 5.73 Å². The molecule has 0 saturated carbocycles. The van der Waals surface area contributed by atoms with Crippen LogP contribution in [-0.2, 0) is 11.2 Å². The number of nitrogens with one attached hydrogen (secondary N) is 1. The van der Waals surface area contributed by atoms with Gasteiger partial charge in [0.1, 0.15) is 0 Å². The van der Waals surface area contributed by atoms with Gasteiger partial charge in [-0.15, -0.1) is 0 Å². The predicted molar refractivity (Wildman–Crippen MR) is 53.6 cm³/mol. The standard InChI is InChI=1S/C9H9ClN2O3/c10-6-1-2-7(9(11)14)5(3-6)4-8(13)12-15/h1-3,15H,4H2,(H2,11,14)(H,12,13). The lowest BCUT2D eigenvalue weighted by Gasteiger charge is -2.05. The summed E-state index contributed by atoms with van der Waals surface area (Å²) in [6.45, 7) is 0. The van der Waals surface area contributed by atoms with Crippen molar-refractivity contribution in [3.63, 3.8) is 0 Å². The van der Waals surface area contributed by atoms with E-state index in [0.29, 0.717) is 10.6 Å². The fourth-order valence-electron chi connectivity index (χ4n) is 1.16. The first kappa shape index (κ1) is 11.5. The number of carbonyl (C=O) groups is 2. The van der Waals surface area contributed by atoms with Crippen LogP contribution in [0, 0.1) is 0 Å². The Bertz CT molecular complexity index is 406. The molecule has 0 aliphatic rings. The van der Waals surface area contributed by atoms with Crippen molar-refractivity contribution in [1.82, 2.24) is 5.48 Å². The molecule has 0 atom stereocenters. The zero-order chi connectivity index (χ0) is 11.4. The molecule has 15 heavy (non-hydrogen) atoms.